The summed E-state index contributed by atoms with van der Waals surface area (Å²) in [5.41, 5.74) is 0. The molecule has 0 spiro atoms. The number of benzene rings is 2. The molecule has 0 aromatic heterocycles. The van der Waals surface area contributed by atoms with Crippen LogP contribution in [-0.4, -0.2) is 27.9 Å². The van der Waals surface area contributed by atoms with Crippen LogP contribution in [0.25, 0.3) is 10.8 Å². The summed E-state index contributed by atoms with van der Waals surface area (Å²) in [5, 5.41) is 2.62. The Labute approximate surface area is 110 Å². The molecule has 0 bridgehead atoms. The second-order valence-corrected chi connectivity index (χ2v) is 4.97. The van der Waals surface area contributed by atoms with E-state index in [1.54, 1.807) is 0 Å². The van der Waals surface area contributed by atoms with E-state index in [1.807, 2.05) is 0 Å². The Hall–Kier alpha value is -0.300. The molecule has 2 aromatic rings. The Morgan fingerprint density at radius 2 is 1.13 bits per heavy atom. The first kappa shape index (κ1) is 12.8. The first-order valence-electron chi connectivity index (χ1n) is 5.67. The van der Waals surface area contributed by atoms with Gasteiger partial charge >= 0.3 is 51.4 Å². The van der Waals surface area contributed by atoms with Crippen LogP contribution in [0.3, 0.4) is 0 Å². The molecular formula is C14H17Na. The normalized spacial score (nSPS) is 9.93. The van der Waals surface area contributed by atoms with Crippen LogP contribution < -0.4 is 0 Å². The van der Waals surface area contributed by atoms with Gasteiger partial charge in [-0.25, -0.2) is 0 Å². The Morgan fingerprint density at radius 3 is 1.33 bits per heavy atom. The maximum Gasteiger partial charge on any atom is -0.0184 e. The second-order valence-electron chi connectivity index (χ2n) is 4.15. The smallest absolute Gasteiger partial charge is 0.0184 e. The van der Waals surface area contributed by atoms with Crippen LogP contribution in [0.4, 0.5) is 0 Å². The Morgan fingerprint density at radius 1 is 0.867 bits per heavy atom. The molecule has 74 valence electrons. The van der Waals surface area contributed by atoms with Gasteiger partial charge in [-0.3, -0.25) is 0 Å². The molecule has 2 rings (SSSR count). The molecule has 15 heavy (non-hydrogen) atoms. The SMILES string of the molecule is CC(C)[CH2][Na].c1ccc2ccccc2c1. The molecular weight excluding hydrogens is 191 g/mol. The van der Waals surface area contributed by atoms with Crippen molar-refractivity contribution in [1.82, 2.24) is 0 Å². The zero-order valence-electron chi connectivity index (χ0n) is 9.90. The fraction of sp³-hybridized carbons (Fsp3) is 0.286. The predicted octanol–water partition coefficient (Wildman–Crippen LogP) is 4.07. The van der Waals surface area contributed by atoms with Crippen LogP contribution in [0.15, 0.2) is 48.5 Å². The van der Waals surface area contributed by atoms with Crippen LogP contribution in [0.1, 0.15) is 13.8 Å². The molecule has 0 nitrogen and oxygen atoms in total. The molecule has 0 aliphatic rings. The van der Waals surface area contributed by atoms with Crippen LogP contribution in [0, 0.1) is 5.92 Å². The summed E-state index contributed by atoms with van der Waals surface area (Å²) in [6.45, 7) is 4.51. The van der Waals surface area contributed by atoms with Crippen molar-refractivity contribution in [3.05, 3.63) is 48.5 Å². The van der Waals surface area contributed by atoms with Gasteiger partial charge < -0.3 is 0 Å². The van der Waals surface area contributed by atoms with E-state index < -0.39 is 0 Å². The van der Waals surface area contributed by atoms with Crippen molar-refractivity contribution < 1.29 is 0 Å². The summed E-state index contributed by atoms with van der Waals surface area (Å²) in [5.74, 6) is 0.946. The zero-order valence-corrected chi connectivity index (χ0v) is 11.9. The summed E-state index contributed by atoms with van der Waals surface area (Å²) in [4.78, 5) is 0. The van der Waals surface area contributed by atoms with E-state index in [0.29, 0.717) is 0 Å². The molecule has 0 saturated heterocycles. The van der Waals surface area contributed by atoms with Gasteiger partial charge in [-0.1, -0.05) is 48.5 Å². The van der Waals surface area contributed by atoms with Crippen molar-refractivity contribution in [3.8, 4) is 0 Å². The summed E-state index contributed by atoms with van der Waals surface area (Å²) in [7, 11) is 0. The molecule has 0 atom stereocenters. The van der Waals surface area contributed by atoms with E-state index in [2.05, 4.69) is 62.4 Å². The molecule has 0 unspecified atom stereocenters. The van der Waals surface area contributed by atoms with Crippen molar-refractivity contribution in [3.63, 3.8) is 0 Å². The van der Waals surface area contributed by atoms with Gasteiger partial charge in [-0.05, 0) is 10.8 Å². The molecule has 0 aliphatic heterocycles. The van der Waals surface area contributed by atoms with E-state index in [4.69, 9.17) is 0 Å². The molecule has 0 heterocycles. The maximum atomic E-state index is 2.26. The van der Waals surface area contributed by atoms with Crippen molar-refractivity contribution in [2.24, 2.45) is 5.92 Å². The third-order valence-electron chi connectivity index (χ3n) is 2.48. The number of hydrogen-bond donors (Lipinski definition) is 0. The van der Waals surface area contributed by atoms with Gasteiger partial charge in [0, 0.05) is 0 Å². The van der Waals surface area contributed by atoms with Gasteiger partial charge in [-0.15, -0.1) is 0 Å². The van der Waals surface area contributed by atoms with Gasteiger partial charge in [0.25, 0.3) is 0 Å². The van der Waals surface area contributed by atoms with Gasteiger partial charge in [0.15, 0.2) is 0 Å². The standard InChI is InChI=1S/C10H8.C4H9.Na/c1-2-6-10-8-4-3-7-9(10)5-1;1-4(2)3;/h1-8H;4H,1H2,2-3H3;. The van der Waals surface area contributed by atoms with E-state index in [0.717, 1.165) is 5.92 Å². The zero-order chi connectivity index (χ0) is 11.1. The largest absolute Gasteiger partial charge is 0.0616 e. The van der Waals surface area contributed by atoms with Gasteiger partial charge in [0.1, 0.15) is 0 Å². The minimum absolute atomic E-state index is 0.946. The topological polar surface area (TPSA) is 0 Å². The van der Waals surface area contributed by atoms with Crippen molar-refractivity contribution >= 4 is 38.7 Å². The second kappa shape index (κ2) is 7.05. The fourth-order valence-electron chi connectivity index (χ4n) is 1.13. The minimum Gasteiger partial charge on any atom is -0.0616 e. The Bertz CT molecular complexity index is 328. The Balaban J connectivity index is 0.000000195. The molecule has 1 heteroatoms. The molecule has 0 N–H and O–H groups in total. The number of rotatable bonds is 1. The van der Waals surface area contributed by atoms with Gasteiger partial charge in [0.05, 0.1) is 0 Å². The monoisotopic (exact) mass is 208 g/mol. The summed E-state index contributed by atoms with van der Waals surface area (Å²) >= 11 is 1.37. The van der Waals surface area contributed by atoms with E-state index in [1.165, 1.54) is 42.4 Å². The average Bonchev–Trinajstić information content (AvgIpc) is 2.30. The fourth-order valence-corrected chi connectivity index (χ4v) is 1.13. The molecule has 0 amide bonds. The summed E-state index contributed by atoms with van der Waals surface area (Å²) < 4.78 is 1.44. The van der Waals surface area contributed by atoms with Crippen LogP contribution >= 0.6 is 0 Å². The number of hydrogen-bond acceptors (Lipinski definition) is 0. The minimum atomic E-state index is 0.946. The van der Waals surface area contributed by atoms with E-state index in [-0.39, 0.29) is 0 Å². The van der Waals surface area contributed by atoms with Gasteiger partial charge in [-0.2, -0.15) is 0 Å². The summed E-state index contributed by atoms with van der Waals surface area (Å²) in [6.07, 6.45) is 0. The molecule has 0 aliphatic carbocycles. The average molecular weight is 208 g/mol. The first-order valence-corrected chi connectivity index (χ1v) is 7.09. The third kappa shape index (κ3) is 4.83. The summed E-state index contributed by atoms with van der Waals surface area (Å²) in [6, 6.07) is 16.7. The first-order chi connectivity index (χ1) is 7.24. The van der Waals surface area contributed by atoms with Crippen molar-refractivity contribution in [1.29, 1.82) is 0 Å². The molecule has 0 fully saturated rings. The quantitative estimate of drug-likeness (QED) is 0.620. The van der Waals surface area contributed by atoms with Crippen molar-refractivity contribution in [2.45, 2.75) is 17.5 Å². The molecule has 0 radical (unpaired) electrons. The number of fused-ring (bicyclic) bond motifs is 1. The van der Waals surface area contributed by atoms with Crippen molar-refractivity contribution in [2.75, 3.05) is 0 Å². The molecule has 0 saturated carbocycles. The molecule has 2 aromatic carbocycles. The third-order valence-corrected chi connectivity index (χ3v) is 4.11. The van der Waals surface area contributed by atoms with Crippen LogP contribution in [0.2, 0.25) is 3.67 Å². The maximum absolute atomic E-state index is 2.26. The van der Waals surface area contributed by atoms with Crippen LogP contribution in [-0.2, 0) is 0 Å². The van der Waals surface area contributed by atoms with Crippen LogP contribution in [0.5, 0.6) is 0 Å². The Kier molecular flexibility index (Phi) is 6.00. The van der Waals surface area contributed by atoms with E-state index in [9.17, 15) is 0 Å². The predicted molar refractivity (Wildman–Crippen MR) is 69.3 cm³/mol. The van der Waals surface area contributed by atoms with Gasteiger partial charge in [0.2, 0.25) is 0 Å². The van der Waals surface area contributed by atoms with E-state index >= 15 is 0 Å².